The molecule has 7 nitrogen and oxygen atoms in total. The minimum absolute atomic E-state index is 0.154. The lowest BCUT2D eigenvalue weighted by Gasteiger charge is -2.34. The molecule has 2 aromatic carbocycles. The van der Waals surface area contributed by atoms with Crippen molar-refractivity contribution in [3.05, 3.63) is 66.2 Å². The number of nitrogens with zero attached hydrogens (tertiary/aromatic N) is 4. The lowest BCUT2D eigenvalue weighted by Crippen LogP contribution is -2.49. The summed E-state index contributed by atoms with van der Waals surface area (Å²) in [5.74, 6) is -0.499. The van der Waals surface area contributed by atoms with Gasteiger partial charge in [0.1, 0.15) is 22.3 Å². The number of anilines is 1. The third-order valence-electron chi connectivity index (χ3n) is 5.19. The molecule has 1 fully saturated rings. The third kappa shape index (κ3) is 4.56. The highest BCUT2D eigenvalue weighted by molar-refractivity contribution is 7.89. The van der Waals surface area contributed by atoms with E-state index in [9.17, 15) is 17.2 Å². The average Bonchev–Trinajstić information content (AvgIpc) is 2.80. The molecule has 1 aliphatic heterocycles. The maximum absolute atomic E-state index is 14.0. The lowest BCUT2D eigenvalue weighted by molar-refractivity contribution is 0.340. The summed E-state index contributed by atoms with van der Waals surface area (Å²) in [5, 5.41) is 8.57. The van der Waals surface area contributed by atoms with Gasteiger partial charge in [0.2, 0.25) is 10.0 Å². The van der Waals surface area contributed by atoms with E-state index >= 15 is 0 Å². The molecule has 3 aromatic rings. The standard InChI is InChI=1S/C22H22F2N4O3S/c1-2-31-18-6-3-16(4-7-18)20-8-10-22(26-25-20)27-11-13-28(14-12-27)32(29,30)21-9-5-17(23)15-19(21)24/h3-10,15H,2,11-14H2,1H3. The number of hydrogen-bond acceptors (Lipinski definition) is 6. The monoisotopic (exact) mass is 460 g/mol. The minimum Gasteiger partial charge on any atom is -0.494 e. The van der Waals surface area contributed by atoms with Crippen LogP contribution >= 0.6 is 0 Å². The van der Waals surface area contributed by atoms with Crippen LogP contribution in [0.25, 0.3) is 11.3 Å². The lowest BCUT2D eigenvalue weighted by atomic mass is 10.1. The van der Waals surface area contributed by atoms with Gasteiger partial charge in [0.25, 0.3) is 0 Å². The first-order valence-corrected chi connectivity index (χ1v) is 11.6. The maximum Gasteiger partial charge on any atom is 0.246 e. The normalized spacial score (nSPS) is 15.0. The molecule has 0 saturated carbocycles. The van der Waals surface area contributed by atoms with Crippen molar-refractivity contribution in [3.63, 3.8) is 0 Å². The third-order valence-corrected chi connectivity index (χ3v) is 7.12. The highest BCUT2D eigenvalue weighted by Crippen LogP contribution is 2.24. The van der Waals surface area contributed by atoms with Crippen LogP contribution in [0.5, 0.6) is 5.75 Å². The second kappa shape index (κ2) is 9.17. The Kier molecular flexibility index (Phi) is 6.33. The SMILES string of the molecule is CCOc1ccc(-c2ccc(N3CCN(S(=O)(=O)c4ccc(F)cc4F)CC3)nn2)cc1. The molecule has 2 heterocycles. The summed E-state index contributed by atoms with van der Waals surface area (Å²) < 4.78 is 59.2. The summed E-state index contributed by atoms with van der Waals surface area (Å²) in [6.45, 7) is 3.58. The fourth-order valence-corrected chi connectivity index (χ4v) is 4.99. The van der Waals surface area contributed by atoms with E-state index in [1.54, 1.807) is 0 Å². The first kappa shape index (κ1) is 22.1. The highest BCUT2D eigenvalue weighted by atomic mass is 32.2. The number of halogens is 2. The van der Waals surface area contributed by atoms with Crippen LogP contribution in [0.1, 0.15) is 6.92 Å². The van der Waals surface area contributed by atoms with Crippen LogP contribution in [-0.2, 0) is 10.0 Å². The zero-order valence-electron chi connectivity index (χ0n) is 17.4. The number of hydrogen-bond donors (Lipinski definition) is 0. The van der Waals surface area contributed by atoms with Crippen molar-refractivity contribution in [1.82, 2.24) is 14.5 Å². The second-order valence-electron chi connectivity index (χ2n) is 7.20. The van der Waals surface area contributed by atoms with Gasteiger partial charge in [-0.15, -0.1) is 10.2 Å². The molecule has 0 amide bonds. The number of aromatic nitrogens is 2. The summed E-state index contributed by atoms with van der Waals surface area (Å²) in [7, 11) is -4.05. The summed E-state index contributed by atoms with van der Waals surface area (Å²) in [5.41, 5.74) is 1.62. The van der Waals surface area contributed by atoms with E-state index in [-0.39, 0.29) is 13.1 Å². The molecule has 0 bridgehead atoms. The van der Waals surface area contributed by atoms with Gasteiger partial charge < -0.3 is 9.64 Å². The predicted molar refractivity (Wildman–Crippen MR) is 116 cm³/mol. The summed E-state index contributed by atoms with van der Waals surface area (Å²) >= 11 is 0. The number of sulfonamides is 1. The van der Waals surface area contributed by atoms with Gasteiger partial charge in [0.05, 0.1) is 12.3 Å². The largest absolute Gasteiger partial charge is 0.494 e. The molecule has 0 aliphatic carbocycles. The Morgan fingerprint density at radius 3 is 2.25 bits per heavy atom. The van der Waals surface area contributed by atoms with Crippen molar-refractivity contribution in [1.29, 1.82) is 0 Å². The Morgan fingerprint density at radius 2 is 1.66 bits per heavy atom. The van der Waals surface area contributed by atoms with E-state index in [2.05, 4.69) is 10.2 Å². The Bertz CT molecular complexity index is 1180. The molecule has 0 atom stereocenters. The Labute approximate surface area is 185 Å². The van der Waals surface area contributed by atoms with Crippen LogP contribution in [0.15, 0.2) is 59.5 Å². The van der Waals surface area contributed by atoms with Crippen LogP contribution in [0.4, 0.5) is 14.6 Å². The van der Waals surface area contributed by atoms with Crippen molar-refractivity contribution < 1.29 is 21.9 Å². The topological polar surface area (TPSA) is 75.6 Å². The first-order valence-electron chi connectivity index (χ1n) is 10.2. The van der Waals surface area contributed by atoms with Gasteiger partial charge in [0, 0.05) is 37.8 Å². The highest BCUT2D eigenvalue weighted by Gasteiger charge is 2.31. The zero-order chi connectivity index (χ0) is 22.7. The van der Waals surface area contributed by atoms with Crippen LogP contribution in [-0.4, -0.2) is 55.7 Å². The van der Waals surface area contributed by atoms with Crippen molar-refractivity contribution in [2.75, 3.05) is 37.7 Å². The maximum atomic E-state index is 14.0. The molecule has 1 saturated heterocycles. The van der Waals surface area contributed by atoms with Gasteiger partial charge in [-0.1, -0.05) is 0 Å². The molecule has 0 spiro atoms. The second-order valence-corrected chi connectivity index (χ2v) is 9.11. The van der Waals surface area contributed by atoms with E-state index in [1.165, 1.54) is 4.31 Å². The van der Waals surface area contributed by atoms with Crippen LogP contribution < -0.4 is 9.64 Å². The Hall–Kier alpha value is -3.11. The fourth-order valence-electron chi connectivity index (χ4n) is 3.52. The summed E-state index contributed by atoms with van der Waals surface area (Å²) in [6.07, 6.45) is 0. The molecule has 0 N–H and O–H groups in total. The number of benzene rings is 2. The summed E-state index contributed by atoms with van der Waals surface area (Å²) in [6, 6.07) is 13.7. The minimum atomic E-state index is -4.05. The van der Waals surface area contributed by atoms with E-state index < -0.39 is 26.6 Å². The fraction of sp³-hybridized carbons (Fsp3) is 0.273. The van der Waals surface area contributed by atoms with E-state index in [4.69, 9.17) is 4.74 Å². The smallest absolute Gasteiger partial charge is 0.246 e. The van der Waals surface area contributed by atoms with Crippen molar-refractivity contribution in [2.45, 2.75) is 11.8 Å². The van der Waals surface area contributed by atoms with Crippen molar-refractivity contribution in [3.8, 4) is 17.0 Å². The molecule has 32 heavy (non-hydrogen) atoms. The van der Waals surface area contributed by atoms with Gasteiger partial charge >= 0.3 is 0 Å². The molecule has 4 rings (SSSR count). The Balaban J connectivity index is 1.42. The van der Waals surface area contributed by atoms with Crippen LogP contribution in [0.3, 0.4) is 0 Å². The van der Waals surface area contributed by atoms with Crippen molar-refractivity contribution in [2.24, 2.45) is 0 Å². The average molecular weight is 461 g/mol. The van der Waals surface area contributed by atoms with E-state index in [0.29, 0.717) is 37.3 Å². The van der Waals surface area contributed by atoms with E-state index in [0.717, 1.165) is 23.4 Å². The zero-order valence-corrected chi connectivity index (χ0v) is 18.2. The predicted octanol–water partition coefficient (Wildman–Crippen LogP) is 3.33. The first-order chi connectivity index (χ1) is 15.4. The van der Waals surface area contributed by atoms with Crippen LogP contribution in [0.2, 0.25) is 0 Å². The van der Waals surface area contributed by atoms with Gasteiger partial charge in [-0.3, -0.25) is 0 Å². The molecular formula is C22H22F2N4O3S. The number of piperazine rings is 1. The van der Waals surface area contributed by atoms with Gasteiger partial charge in [-0.05, 0) is 55.5 Å². The molecule has 168 valence electrons. The molecule has 10 heteroatoms. The molecule has 1 aromatic heterocycles. The van der Waals surface area contributed by atoms with Gasteiger partial charge in [-0.2, -0.15) is 4.31 Å². The van der Waals surface area contributed by atoms with Gasteiger partial charge in [-0.25, -0.2) is 17.2 Å². The Morgan fingerprint density at radius 1 is 0.938 bits per heavy atom. The molecule has 1 aliphatic rings. The van der Waals surface area contributed by atoms with Gasteiger partial charge in [0.15, 0.2) is 5.82 Å². The van der Waals surface area contributed by atoms with Crippen molar-refractivity contribution >= 4 is 15.8 Å². The molecule has 0 unspecified atom stereocenters. The summed E-state index contributed by atoms with van der Waals surface area (Å²) in [4.78, 5) is 1.40. The van der Waals surface area contributed by atoms with Crippen LogP contribution in [0, 0.1) is 11.6 Å². The molecular weight excluding hydrogens is 438 g/mol. The number of ether oxygens (including phenoxy) is 1. The quantitative estimate of drug-likeness (QED) is 0.562. The number of rotatable bonds is 6. The van der Waals surface area contributed by atoms with E-state index in [1.807, 2.05) is 48.2 Å². The molecule has 0 radical (unpaired) electrons.